The van der Waals surface area contributed by atoms with Gasteiger partial charge >= 0.3 is 0 Å². The third-order valence-electron chi connectivity index (χ3n) is 3.10. The summed E-state index contributed by atoms with van der Waals surface area (Å²) in [6, 6.07) is 7.32. The maximum absolute atomic E-state index is 12.4. The average Bonchev–Trinajstić information content (AvgIpc) is 2.94. The molecular weight excluding hydrogens is 336 g/mol. The van der Waals surface area contributed by atoms with Crippen LogP contribution < -0.4 is 10.0 Å². The number of aromatic nitrogens is 2. The lowest BCUT2D eigenvalue weighted by Gasteiger charge is -2.16. The van der Waals surface area contributed by atoms with E-state index in [4.69, 9.17) is 0 Å². The number of benzene rings is 1. The Morgan fingerprint density at radius 3 is 2.48 bits per heavy atom. The van der Waals surface area contributed by atoms with Gasteiger partial charge in [-0.1, -0.05) is 48.1 Å². The van der Waals surface area contributed by atoms with Gasteiger partial charge in [-0.05, 0) is 18.9 Å². The van der Waals surface area contributed by atoms with Crippen LogP contribution in [0.2, 0.25) is 0 Å². The Bertz CT molecular complexity index is 785. The third kappa shape index (κ3) is 4.57. The molecule has 9 heteroatoms. The largest absolute Gasteiger partial charge is 0.301 e. The van der Waals surface area contributed by atoms with Crippen molar-refractivity contribution in [2.75, 3.05) is 5.32 Å². The van der Waals surface area contributed by atoms with Gasteiger partial charge in [0, 0.05) is 13.0 Å². The van der Waals surface area contributed by atoms with Crippen LogP contribution in [0.25, 0.3) is 0 Å². The minimum atomic E-state index is -3.80. The minimum absolute atomic E-state index is 0.154. The van der Waals surface area contributed by atoms with Gasteiger partial charge in [-0.2, -0.15) is 0 Å². The van der Waals surface area contributed by atoms with E-state index in [1.165, 1.54) is 6.92 Å². The highest BCUT2D eigenvalue weighted by molar-refractivity contribution is 7.91. The molecule has 2 rings (SSSR count). The van der Waals surface area contributed by atoms with Crippen LogP contribution in [0.5, 0.6) is 0 Å². The first-order chi connectivity index (χ1) is 10.8. The van der Waals surface area contributed by atoms with Crippen LogP contribution in [0, 0.1) is 6.92 Å². The van der Waals surface area contributed by atoms with Gasteiger partial charge < -0.3 is 5.32 Å². The SMILES string of the molecule is CC[C@@H](NS(=O)(=O)c1nnc(NC(C)=O)s1)c1ccc(C)cc1. The molecule has 0 radical (unpaired) electrons. The van der Waals surface area contributed by atoms with Crippen molar-refractivity contribution in [1.29, 1.82) is 0 Å². The molecule has 1 amide bonds. The van der Waals surface area contributed by atoms with Crippen molar-refractivity contribution in [3.8, 4) is 0 Å². The normalized spacial score (nSPS) is 12.8. The first-order valence-corrected chi connectivity index (χ1v) is 9.31. The maximum Gasteiger partial charge on any atom is 0.270 e. The fourth-order valence-corrected chi connectivity index (χ4v) is 4.21. The molecule has 0 saturated carbocycles. The first kappa shape index (κ1) is 17.5. The molecule has 23 heavy (non-hydrogen) atoms. The second-order valence-corrected chi connectivity index (χ2v) is 7.91. The Hall–Kier alpha value is -1.84. The molecule has 0 aliphatic heterocycles. The van der Waals surface area contributed by atoms with Crippen molar-refractivity contribution in [3.05, 3.63) is 35.4 Å². The Kier molecular flexibility index (Phi) is 5.45. The van der Waals surface area contributed by atoms with Crippen molar-refractivity contribution < 1.29 is 13.2 Å². The van der Waals surface area contributed by atoms with E-state index in [9.17, 15) is 13.2 Å². The Morgan fingerprint density at radius 2 is 1.91 bits per heavy atom. The summed E-state index contributed by atoms with van der Waals surface area (Å²) in [5.74, 6) is -0.329. The first-order valence-electron chi connectivity index (χ1n) is 7.02. The molecule has 0 saturated heterocycles. The van der Waals surface area contributed by atoms with E-state index in [0.29, 0.717) is 6.42 Å². The number of hydrogen-bond donors (Lipinski definition) is 2. The van der Waals surface area contributed by atoms with Crippen LogP contribution >= 0.6 is 11.3 Å². The number of carbonyl (C=O) groups is 1. The molecule has 0 bridgehead atoms. The number of sulfonamides is 1. The van der Waals surface area contributed by atoms with Gasteiger partial charge in [-0.25, -0.2) is 13.1 Å². The lowest BCUT2D eigenvalue weighted by Crippen LogP contribution is -2.28. The van der Waals surface area contributed by atoms with Crippen LogP contribution in [0.3, 0.4) is 0 Å². The number of nitrogens with zero attached hydrogens (tertiary/aromatic N) is 2. The quantitative estimate of drug-likeness (QED) is 0.775. The molecule has 124 valence electrons. The molecule has 0 spiro atoms. The Morgan fingerprint density at radius 1 is 1.26 bits per heavy atom. The van der Waals surface area contributed by atoms with Gasteiger partial charge in [0.25, 0.3) is 10.0 Å². The van der Waals surface area contributed by atoms with Gasteiger partial charge in [-0.15, -0.1) is 10.2 Å². The van der Waals surface area contributed by atoms with Gasteiger partial charge in [0.2, 0.25) is 15.4 Å². The number of nitrogens with one attached hydrogen (secondary N) is 2. The summed E-state index contributed by atoms with van der Waals surface area (Å²) in [6.45, 7) is 5.19. The van der Waals surface area contributed by atoms with E-state index in [2.05, 4.69) is 20.2 Å². The van der Waals surface area contributed by atoms with Crippen LogP contribution in [0.15, 0.2) is 28.6 Å². The molecule has 2 aromatic rings. The smallest absolute Gasteiger partial charge is 0.270 e. The Labute approximate surface area is 139 Å². The zero-order valence-corrected chi connectivity index (χ0v) is 14.7. The molecule has 1 aromatic carbocycles. The van der Waals surface area contributed by atoms with E-state index in [-0.39, 0.29) is 21.4 Å². The molecule has 0 unspecified atom stereocenters. The van der Waals surface area contributed by atoms with Gasteiger partial charge in [0.05, 0.1) is 0 Å². The van der Waals surface area contributed by atoms with Crippen molar-refractivity contribution >= 4 is 32.4 Å². The lowest BCUT2D eigenvalue weighted by atomic mass is 10.0. The van der Waals surface area contributed by atoms with E-state index >= 15 is 0 Å². The van der Waals surface area contributed by atoms with Crippen LogP contribution in [-0.4, -0.2) is 24.5 Å². The standard InChI is InChI=1S/C14H18N4O3S2/c1-4-12(11-7-5-9(2)6-8-11)18-23(20,21)14-17-16-13(22-14)15-10(3)19/h5-8,12,18H,4H2,1-3H3,(H,15,16,19)/t12-/m1/s1. The number of anilines is 1. The van der Waals surface area contributed by atoms with Crippen molar-refractivity contribution in [2.45, 2.75) is 37.6 Å². The number of aryl methyl sites for hydroxylation is 1. The van der Waals surface area contributed by atoms with E-state index in [1.807, 2.05) is 38.1 Å². The molecule has 1 heterocycles. The highest BCUT2D eigenvalue weighted by Gasteiger charge is 2.24. The van der Waals surface area contributed by atoms with Crippen LogP contribution in [0.1, 0.15) is 37.4 Å². The second-order valence-electron chi connectivity index (χ2n) is 5.05. The van der Waals surface area contributed by atoms with Crippen LogP contribution in [-0.2, 0) is 14.8 Å². The van der Waals surface area contributed by atoms with Crippen molar-refractivity contribution in [2.24, 2.45) is 0 Å². The summed E-state index contributed by atoms with van der Waals surface area (Å²) in [6.07, 6.45) is 0.597. The average molecular weight is 354 g/mol. The summed E-state index contributed by atoms with van der Waals surface area (Å²) in [7, 11) is -3.80. The summed E-state index contributed by atoms with van der Waals surface area (Å²) in [4.78, 5) is 11.0. The molecule has 0 aliphatic carbocycles. The molecule has 7 nitrogen and oxygen atoms in total. The van der Waals surface area contributed by atoms with Gasteiger partial charge in [0.1, 0.15) is 0 Å². The van der Waals surface area contributed by atoms with Gasteiger partial charge in [-0.3, -0.25) is 4.79 Å². The summed E-state index contributed by atoms with van der Waals surface area (Å²) in [5, 5.41) is 9.87. The fraction of sp³-hybridized carbons (Fsp3) is 0.357. The fourth-order valence-electron chi connectivity index (χ4n) is 1.94. The molecule has 1 atom stereocenters. The van der Waals surface area contributed by atoms with E-state index in [1.54, 1.807) is 0 Å². The van der Waals surface area contributed by atoms with Crippen LogP contribution in [0.4, 0.5) is 5.13 Å². The molecule has 0 aliphatic rings. The highest BCUT2D eigenvalue weighted by Crippen LogP contribution is 2.24. The minimum Gasteiger partial charge on any atom is -0.301 e. The van der Waals surface area contributed by atoms with E-state index < -0.39 is 10.0 Å². The topological polar surface area (TPSA) is 101 Å². The molecule has 0 fully saturated rings. The Balaban J connectivity index is 2.20. The zero-order valence-electron chi connectivity index (χ0n) is 13.0. The van der Waals surface area contributed by atoms with Gasteiger partial charge in [0.15, 0.2) is 0 Å². The number of amides is 1. The molecule has 2 N–H and O–H groups in total. The zero-order chi connectivity index (χ0) is 17.0. The summed E-state index contributed by atoms with van der Waals surface area (Å²) in [5.41, 5.74) is 1.99. The summed E-state index contributed by atoms with van der Waals surface area (Å²) < 4.78 is 27.3. The maximum atomic E-state index is 12.4. The predicted molar refractivity (Wildman–Crippen MR) is 88.7 cm³/mol. The third-order valence-corrected chi connectivity index (χ3v) is 5.78. The molecular formula is C14H18N4O3S2. The van der Waals surface area contributed by atoms with Crippen molar-refractivity contribution in [3.63, 3.8) is 0 Å². The van der Waals surface area contributed by atoms with Crippen molar-refractivity contribution in [1.82, 2.24) is 14.9 Å². The molecule has 1 aromatic heterocycles. The number of carbonyl (C=O) groups excluding carboxylic acids is 1. The predicted octanol–water partition coefficient (Wildman–Crippen LogP) is 2.23. The van der Waals surface area contributed by atoms with E-state index in [0.717, 1.165) is 22.5 Å². The lowest BCUT2D eigenvalue weighted by molar-refractivity contribution is -0.114. The number of rotatable bonds is 6. The number of hydrogen-bond acceptors (Lipinski definition) is 6. The highest BCUT2D eigenvalue weighted by atomic mass is 32.2. The second kappa shape index (κ2) is 7.16. The summed E-state index contributed by atoms with van der Waals surface area (Å²) >= 11 is 0.814. The monoisotopic (exact) mass is 354 g/mol.